The van der Waals surface area contributed by atoms with Gasteiger partial charge in [0.2, 0.25) is 0 Å². The van der Waals surface area contributed by atoms with Gasteiger partial charge in [-0.05, 0) is 19.3 Å². The van der Waals surface area contributed by atoms with Gasteiger partial charge < -0.3 is 14.2 Å². The van der Waals surface area contributed by atoms with Crippen LogP contribution in [0.15, 0.2) is 10.7 Å². The van der Waals surface area contributed by atoms with Crippen LogP contribution in [0.4, 0.5) is 26.3 Å². The Morgan fingerprint density at radius 3 is 1.77 bits per heavy atom. The van der Waals surface area contributed by atoms with Crippen molar-refractivity contribution in [2.24, 2.45) is 5.92 Å². The molecular formula is C17H25F6O7S-. The first-order valence-electron chi connectivity index (χ1n) is 9.43. The standard InChI is InChI=1S/C17H26F6O7S/c1-3-12(2)14(24)28-10-8-6-4-5-7-9-11-29-30-15(31(25,26)27)13(16(18,19)20)17(21,22)23/h12H,3-11H2,1-2H3,(H,25,26,27)/p-1. The largest absolute Gasteiger partial charge is 0.742 e. The minimum absolute atomic E-state index is 0.128. The minimum atomic E-state index is -6.25. The van der Waals surface area contributed by atoms with Gasteiger partial charge in [-0.1, -0.05) is 39.5 Å². The van der Waals surface area contributed by atoms with Crippen molar-refractivity contribution in [1.82, 2.24) is 0 Å². The number of esters is 1. The normalized spacial score (nSPS) is 13.6. The van der Waals surface area contributed by atoms with Gasteiger partial charge in [0.15, 0.2) is 15.7 Å². The van der Waals surface area contributed by atoms with E-state index in [0.717, 1.165) is 6.42 Å². The Labute approximate surface area is 176 Å². The molecule has 0 radical (unpaired) electrons. The second-order valence-corrected chi connectivity index (χ2v) is 7.89. The van der Waals surface area contributed by atoms with Gasteiger partial charge >= 0.3 is 18.3 Å². The van der Waals surface area contributed by atoms with Gasteiger partial charge in [-0.25, -0.2) is 8.42 Å². The molecule has 0 saturated heterocycles. The number of unbranched alkanes of at least 4 members (excludes halogenated alkanes) is 5. The lowest BCUT2D eigenvalue weighted by molar-refractivity contribution is -0.263. The van der Waals surface area contributed by atoms with Crippen LogP contribution < -0.4 is 0 Å². The lowest BCUT2D eigenvalue weighted by atomic mass is 10.1. The fourth-order valence-electron chi connectivity index (χ4n) is 2.15. The summed E-state index contributed by atoms with van der Waals surface area (Å²) in [6, 6.07) is 0. The molecule has 0 aromatic rings. The van der Waals surface area contributed by atoms with Crippen LogP contribution in [0.25, 0.3) is 0 Å². The van der Waals surface area contributed by atoms with Crippen molar-refractivity contribution in [2.45, 2.75) is 71.1 Å². The summed E-state index contributed by atoms with van der Waals surface area (Å²) in [5.41, 5.74) is -3.59. The molecular weight excluding hydrogens is 462 g/mol. The van der Waals surface area contributed by atoms with Crippen molar-refractivity contribution in [3.63, 3.8) is 0 Å². The summed E-state index contributed by atoms with van der Waals surface area (Å²) in [6.45, 7) is 3.36. The number of rotatable bonds is 14. The summed E-state index contributed by atoms with van der Waals surface area (Å²) in [5.74, 6) is -0.440. The summed E-state index contributed by atoms with van der Waals surface area (Å²) < 4.78 is 113. The first-order chi connectivity index (χ1) is 14.1. The molecule has 0 saturated carbocycles. The lowest BCUT2D eigenvalue weighted by Crippen LogP contribution is -2.31. The zero-order chi connectivity index (χ0) is 24.3. The van der Waals surface area contributed by atoms with Crippen molar-refractivity contribution in [3.05, 3.63) is 10.7 Å². The molecule has 1 atom stereocenters. The van der Waals surface area contributed by atoms with Gasteiger partial charge in [-0.3, -0.25) is 4.79 Å². The van der Waals surface area contributed by atoms with E-state index in [2.05, 4.69) is 9.78 Å². The molecule has 0 aliphatic heterocycles. The van der Waals surface area contributed by atoms with Gasteiger partial charge in [-0.2, -0.15) is 31.2 Å². The molecule has 0 aromatic heterocycles. The number of hydrogen-bond donors (Lipinski definition) is 0. The highest BCUT2D eigenvalue weighted by Gasteiger charge is 2.55. The molecule has 0 aromatic carbocycles. The first-order valence-corrected chi connectivity index (χ1v) is 10.8. The van der Waals surface area contributed by atoms with Crippen LogP contribution in [0, 0.1) is 5.92 Å². The zero-order valence-corrected chi connectivity index (χ0v) is 17.8. The van der Waals surface area contributed by atoms with Crippen LogP contribution in [0.3, 0.4) is 0 Å². The Hall–Kier alpha value is -1.54. The molecule has 31 heavy (non-hydrogen) atoms. The number of allylic oxidation sites excluding steroid dienone is 1. The second kappa shape index (κ2) is 13.1. The van der Waals surface area contributed by atoms with Crippen molar-refractivity contribution in [2.75, 3.05) is 13.2 Å². The van der Waals surface area contributed by atoms with Crippen molar-refractivity contribution >= 4 is 16.1 Å². The van der Waals surface area contributed by atoms with E-state index in [4.69, 9.17) is 4.74 Å². The van der Waals surface area contributed by atoms with Crippen molar-refractivity contribution in [3.8, 4) is 0 Å². The SMILES string of the molecule is CCC(C)C(=O)OCCCCCCCCOOC(=C(C(F)(F)F)C(F)(F)F)S(=O)(=O)[O-]. The minimum Gasteiger partial charge on any atom is -0.742 e. The monoisotopic (exact) mass is 487 g/mol. The lowest BCUT2D eigenvalue weighted by Gasteiger charge is -2.20. The molecule has 0 aliphatic rings. The topological polar surface area (TPSA) is 102 Å². The summed E-state index contributed by atoms with van der Waals surface area (Å²) in [4.78, 5) is 19.2. The highest BCUT2D eigenvalue weighted by Crippen LogP contribution is 2.42. The van der Waals surface area contributed by atoms with Crippen molar-refractivity contribution < 1.29 is 58.6 Å². The maximum Gasteiger partial charge on any atom is 0.425 e. The van der Waals surface area contributed by atoms with Crippen LogP contribution in [0.2, 0.25) is 0 Å². The quantitative estimate of drug-likeness (QED) is 0.0663. The van der Waals surface area contributed by atoms with Crippen LogP contribution in [-0.2, 0) is 29.4 Å². The highest BCUT2D eigenvalue weighted by molar-refractivity contribution is 7.89. The Bertz CT molecular complexity index is 670. The summed E-state index contributed by atoms with van der Waals surface area (Å²) in [5, 5.41) is -2.88. The first kappa shape index (κ1) is 29.5. The molecule has 0 aliphatic carbocycles. The summed E-state index contributed by atoms with van der Waals surface area (Å²) in [7, 11) is -6.25. The van der Waals surface area contributed by atoms with E-state index in [1.807, 2.05) is 6.92 Å². The number of carbonyl (C=O) groups is 1. The zero-order valence-electron chi connectivity index (χ0n) is 17.0. The van der Waals surface area contributed by atoms with Gasteiger partial charge in [0.25, 0.3) is 5.09 Å². The van der Waals surface area contributed by atoms with E-state index < -0.39 is 39.7 Å². The second-order valence-electron chi connectivity index (χ2n) is 6.62. The fourth-order valence-corrected chi connectivity index (χ4v) is 2.76. The fraction of sp³-hybridized carbons (Fsp3) is 0.824. The molecule has 0 spiro atoms. The van der Waals surface area contributed by atoms with Gasteiger partial charge in [0.1, 0.15) is 0 Å². The summed E-state index contributed by atoms with van der Waals surface area (Å²) >= 11 is 0. The maximum absolute atomic E-state index is 12.6. The van der Waals surface area contributed by atoms with Gasteiger partial charge in [0, 0.05) is 0 Å². The van der Waals surface area contributed by atoms with E-state index >= 15 is 0 Å². The Morgan fingerprint density at radius 1 is 0.903 bits per heavy atom. The molecule has 0 N–H and O–H groups in total. The molecule has 0 amide bonds. The molecule has 184 valence electrons. The number of alkyl halides is 6. The van der Waals surface area contributed by atoms with E-state index in [1.165, 1.54) is 0 Å². The van der Waals surface area contributed by atoms with Crippen LogP contribution >= 0.6 is 0 Å². The van der Waals surface area contributed by atoms with Gasteiger partial charge in [0.05, 0.1) is 19.1 Å². The Kier molecular flexibility index (Phi) is 12.5. The number of carbonyl (C=O) groups excluding carboxylic acids is 1. The predicted molar refractivity (Wildman–Crippen MR) is 94.0 cm³/mol. The number of ether oxygens (including phenoxy) is 1. The van der Waals surface area contributed by atoms with Crippen LogP contribution in [0.5, 0.6) is 0 Å². The van der Waals surface area contributed by atoms with E-state index in [-0.39, 0.29) is 24.9 Å². The van der Waals surface area contributed by atoms with E-state index in [9.17, 15) is 44.1 Å². The Balaban J connectivity index is 4.33. The molecule has 0 fully saturated rings. The molecule has 0 rings (SSSR count). The number of hydrogen-bond acceptors (Lipinski definition) is 7. The third kappa shape index (κ3) is 12.2. The smallest absolute Gasteiger partial charge is 0.425 e. The molecule has 1 unspecified atom stereocenters. The molecule has 0 bridgehead atoms. The third-order valence-electron chi connectivity index (χ3n) is 4.01. The van der Waals surface area contributed by atoms with Crippen molar-refractivity contribution in [1.29, 1.82) is 0 Å². The maximum atomic E-state index is 12.6. The molecule has 0 heterocycles. The Morgan fingerprint density at radius 2 is 1.35 bits per heavy atom. The predicted octanol–water partition coefficient (Wildman–Crippen LogP) is 4.75. The van der Waals surface area contributed by atoms with Crippen LogP contribution in [-0.4, -0.2) is 44.5 Å². The van der Waals surface area contributed by atoms with Crippen LogP contribution in [0.1, 0.15) is 58.8 Å². The molecule has 14 heteroatoms. The molecule has 7 nitrogen and oxygen atoms in total. The average molecular weight is 487 g/mol. The van der Waals surface area contributed by atoms with E-state index in [1.54, 1.807) is 6.92 Å². The highest BCUT2D eigenvalue weighted by atomic mass is 32.2. The third-order valence-corrected chi connectivity index (χ3v) is 4.74. The average Bonchev–Trinajstić information content (AvgIpc) is 2.60. The number of halogens is 6. The van der Waals surface area contributed by atoms with E-state index in [0.29, 0.717) is 32.1 Å². The van der Waals surface area contributed by atoms with Gasteiger partial charge in [-0.15, -0.1) is 0 Å². The summed E-state index contributed by atoms with van der Waals surface area (Å²) in [6.07, 6.45) is -8.43.